The molecule has 0 atom stereocenters. The third-order valence-corrected chi connectivity index (χ3v) is 3.45. The number of carbonyl (C=O) groups is 1. The maximum absolute atomic E-state index is 12.2. The van der Waals surface area contributed by atoms with Crippen molar-refractivity contribution in [1.29, 1.82) is 0 Å². The molecule has 1 aromatic rings. The Bertz CT molecular complexity index is 455. The van der Waals surface area contributed by atoms with Gasteiger partial charge in [0.2, 0.25) is 0 Å². The maximum atomic E-state index is 12.2. The molecule has 4 nitrogen and oxygen atoms in total. The van der Waals surface area contributed by atoms with Gasteiger partial charge in [-0.3, -0.25) is 4.79 Å². The summed E-state index contributed by atoms with van der Waals surface area (Å²) in [5.74, 6) is 1.76. The summed E-state index contributed by atoms with van der Waals surface area (Å²) in [4.78, 5) is 16.7. The second-order valence-electron chi connectivity index (χ2n) is 6.22. The third-order valence-electron chi connectivity index (χ3n) is 3.45. The predicted molar refractivity (Wildman–Crippen MR) is 88.9 cm³/mol. The van der Waals surface area contributed by atoms with Crippen LogP contribution in [0.1, 0.15) is 68.9 Å². The smallest absolute Gasteiger partial charge is 0.251 e. The van der Waals surface area contributed by atoms with Crippen LogP contribution in [0.4, 0.5) is 5.82 Å². The van der Waals surface area contributed by atoms with Crippen LogP contribution in [-0.4, -0.2) is 24.5 Å². The van der Waals surface area contributed by atoms with Crippen LogP contribution in [0.25, 0.3) is 0 Å². The molecule has 1 aromatic heterocycles. The van der Waals surface area contributed by atoms with Crippen LogP contribution in [0.2, 0.25) is 0 Å². The Morgan fingerprint density at radius 3 is 2.48 bits per heavy atom. The molecule has 1 heterocycles. The molecular formula is C17H29N3O. The lowest BCUT2D eigenvalue weighted by Crippen LogP contribution is -2.25. The molecule has 0 saturated carbocycles. The van der Waals surface area contributed by atoms with Gasteiger partial charge in [0.05, 0.1) is 0 Å². The SMILES string of the molecule is CNc1cc(C(=O)NCCCCC(C)C)cc(C(C)C)n1. The lowest BCUT2D eigenvalue weighted by Gasteiger charge is -2.11. The number of carbonyl (C=O) groups excluding carboxylic acids is 1. The number of nitrogens with one attached hydrogen (secondary N) is 2. The average Bonchev–Trinajstić information content (AvgIpc) is 2.45. The highest BCUT2D eigenvalue weighted by atomic mass is 16.1. The van der Waals surface area contributed by atoms with Crippen LogP contribution in [0.5, 0.6) is 0 Å². The summed E-state index contributed by atoms with van der Waals surface area (Å²) in [6.07, 6.45) is 3.41. The zero-order chi connectivity index (χ0) is 15.8. The van der Waals surface area contributed by atoms with Crippen LogP contribution in [0, 0.1) is 5.92 Å². The maximum Gasteiger partial charge on any atom is 0.251 e. The molecule has 0 unspecified atom stereocenters. The van der Waals surface area contributed by atoms with Gasteiger partial charge in [-0.1, -0.05) is 40.5 Å². The Morgan fingerprint density at radius 1 is 1.19 bits per heavy atom. The molecule has 118 valence electrons. The van der Waals surface area contributed by atoms with E-state index in [0.717, 1.165) is 36.8 Å². The summed E-state index contributed by atoms with van der Waals surface area (Å²) in [6, 6.07) is 3.68. The normalized spacial score (nSPS) is 11.0. The minimum absolute atomic E-state index is 0.0136. The summed E-state index contributed by atoms with van der Waals surface area (Å²) in [6.45, 7) is 9.34. The van der Waals surface area contributed by atoms with Crippen molar-refractivity contribution in [1.82, 2.24) is 10.3 Å². The van der Waals surface area contributed by atoms with E-state index in [1.54, 1.807) is 6.07 Å². The van der Waals surface area contributed by atoms with Crippen molar-refractivity contribution in [2.75, 3.05) is 18.9 Å². The molecule has 1 rings (SSSR count). The van der Waals surface area contributed by atoms with Crippen molar-refractivity contribution in [3.8, 4) is 0 Å². The van der Waals surface area contributed by atoms with Gasteiger partial charge in [-0.15, -0.1) is 0 Å². The lowest BCUT2D eigenvalue weighted by atomic mass is 10.1. The van der Waals surface area contributed by atoms with Crippen LogP contribution in [0.3, 0.4) is 0 Å². The molecule has 21 heavy (non-hydrogen) atoms. The fraction of sp³-hybridized carbons (Fsp3) is 0.647. The predicted octanol–water partition coefficient (Wildman–Crippen LogP) is 3.80. The summed E-state index contributed by atoms with van der Waals surface area (Å²) < 4.78 is 0. The molecule has 0 spiro atoms. The Labute approximate surface area is 128 Å². The molecule has 0 radical (unpaired) electrons. The van der Waals surface area contributed by atoms with E-state index < -0.39 is 0 Å². The number of amides is 1. The van der Waals surface area contributed by atoms with E-state index in [9.17, 15) is 4.79 Å². The van der Waals surface area contributed by atoms with Crippen LogP contribution in [-0.2, 0) is 0 Å². The number of hydrogen-bond donors (Lipinski definition) is 2. The van der Waals surface area contributed by atoms with Gasteiger partial charge in [-0.2, -0.15) is 0 Å². The zero-order valence-electron chi connectivity index (χ0n) is 14.0. The van der Waals surface area contributed by atoms with Crippen molar-refractivity contribution in [3.05, 3.63) is 23.4 Å². The second-order valence-corrected chi connectivity index (χ2v) is 6.22. The first-order chi connectivity index (χ1) is 9.93. The Morgan fingerprint density at radius 2 is 1.90 bits per heavy atom. The quantitative estimate of drug-likeness (QED) is 0.716. The minimum Gasteiger partial charge on any atom is -0.373 e. The number of rotatable bonds is 8. The van der Waals surface area contributed by atoms with E-state index in [2.05, 4.69) is 43.3 Å². The third kappa shape index (κ3) is 6.15. The van der Waals surface area contributed by atoms with Gasteiger partial charge in [0.1, 0.15) is 5.82 Å². The molecule has 4 heteroatoms. The summed E-state index contributed by atoms with van der Waals surface area (Å²) >= 11 is 0. The molecule has 0 saturated heterocycles. The zero-order valence-corrected chi connectivity index (χ0v) is 14.0. The highest BCUT2D eigenvalue weighted by molar-refractivity contribution is 5.95. The van der Waals surface area contributed by atoms with Gasteiger partial charge in [-0.05, 0) is 30.4 Å². The number of unbranched alkanes of at least 4 members (excludes halogenated alkanes) is 1. The molecule has 0 bridgehead atoms. The average molecular weight is 291 g/mol. The number of anilines is 1. The summed E-state index contributed by atoms with van der Waals surface area (Å²) in [5.41, 5.74) is 1.62. The number of hydrogen-bond acceptors (Lipinski definition) is 3. The molecular weight excluding hydrogens is 262 g/mol. The van der Waals surface area contributed by atoms with Gasteiger partial charge in [0, 0.05) is 24.8 Å². The standard InChI is InChI=1S/C17H29N3O/c1-12(2)8-6-7-9-19-17(21)14-10-15(13(3)4)20-16(11-14)18-5/h10-13H,6-9H2,1-5H3,(H,18,20)(H,19,21). The van der Waals surface area contributed by atoms with Gasteiger partial charge in [0.25, 0.3) is 5.91 Å². The first-order valence-corrected chi connectivity index (χ1v) is 7.92. The highest BCUT2D eigenvalue weighted by Crippen LogP contribution is 2.17. The van der Waals surface area contributed by atoms with Crippen molar-refractivity contribution in [3.63, 3.8) is 0 Å². The molecule has 0 aromatic carbocycles. The topological polar surface area (TPSA) is 54.0 Å². The lowest BCUT2D eigenvalue weighted by molar-refractivity contribution is 0.0952. The van der Waals surface area contributed by atoms with Gasteiger partial charge in [-0.25, -0.2) is 4.98 Å². The number of nitrogens with zero attached hydrogens (tertiary/aromatic N) is 1. The van der Waals surface area contributed by atoms with E-state index in [-0.39, 0.29) is 5.91 Å². The molecule has 0 aliphatic carbocycles. The van der Waals surface area contributed by atoms with Crippen molar-refractivity contribution >= 4 is 11.7 Å². The summed E-state index contributed by atoms with van der Waals surface area (Å²) in [7, 11) is 1.82. The van der Waals surface area contributed by atoms with Crippen LogP contribution in [0.15, 0.2) is 12.1 Å². The Hall–Kier alpha value is -1.58. The number of aromatic nitrogens is 1. The van der Waals surface area contributed by atoms with E-state index in [1.165, 1.54) is 6.42 Å². The van der Waals surface area contributed by atoms with E-state index in [1.807, 2.05) is 13.1 Å². The van der Waals surface area contributed by atoms with E-state index in [4.69, 9.17) is 0 Å². The molecule has 1 amide bonds. The Balaban J connectivity index is 2.59. The minimum atomic E-state index is -0.0136. The van der Waals surface area contributed by atoms with Crippen molar-refractivity contribution in [2.24, 2.45) is 5.92 Å². The molecule has 2 N–H and O–H groups in total. The highest BCUT2D eigenvalue weighted by Gasteiger charge is 2.11. The van der Waals surface area contributed by atoms with Crippen LogP contribution < -0.4 is 10.6 Å². The van der Waals surface area contributed by atoms with Crippen LogP contribution >= 0.6 is 0 Å². The molecule has 0 fully saturated rings. The second kappa shape index (κ2) is 8.65. The van der Waals surface area contributed by atoms with Gasteiger partial charge >= 0.3 is 0 Å². The van der Waals surface area contributed by atoms with Gasteiger partial charge < -0.3 is 10.6 Å². The summed E-state index contributed by atoms with van der Waals surface area (Å²) in [5, 5.41) is 6.01. The van der Waals surface area contributed by atoms with Crippen molar-refractivity contribution < 1.29 is 4.79 Å². The first-order valence-electron chi connectivity index (χ1n) is 7.92. The first kappa shape index (κ1) is 17.5. The van der Waals surface area contributed by atoms with Gasteiger partial charge in [0.15, 0.2) is 0 Å². The fourth-order valence-electron chi connectivity index (χ4n) is 2.09. The van der Waals surface area contributed by atoms with Crippen molar-refractivity contribution in [2.45, 2.75) is 52.9 Å². The fourth-order valence-corrected chi connectivity index (χ4v) is 2.09. The molecule has 0 aliphatic rings. The van der Waals surface area contributed by atoms with E-state index in [0.29, 0.717) is 11.5 Å². The number of pyridine rings is 1. The largest absolute Gasteiger partial charge is 0.373 e. The Kier molecular flexibility index (Phi) is 7.20. The van der Waals surface area contributed by atoms with E-state index >= 15 is 0 Å². The monoisotopic (exact) mass is 291 g/mol. The molecule has 0 aliphatic heterocycles.